The van der Waals surface area contributed by atoms with Crippen molar-refractivity contribution in [2.45, 2.75) is 12.5 Å². The zero-order valence-electron chi connectivity index (χ0n) is 9.77. The Bertz CT molecular complexity index is 610. The lowest BCUT2D eigenvalue weighted by molar-refractivity contribution is -0.137. The lowest BCUT2D eigenvalue weighted by Crippen LogP contribution is -2.14. The van der Waals surface area contributed by atoms with Gasteiger partial charge in [0.1, 0.15) is 11.5 Å². The van der Waals surface area contributed by atoms with Crippen LogP contribution in [0.15, 0.2) is 34.7 Å². The molecule has 0 amide bonds. The predicted molar refractivity (Wildman–Crippen MR) is 73.3 cm³/mol. The highest BCUT2D eigenvalue weighted by Crippen LogP contribution is 2.33. The van der Waals surface area contributed by atoms with Crippen LogP contribution in [0.2, 0.25) is 10.0 Å². The maximum absolute atomic E-state index is 10.6. The van der Waals surface area contributed by atoms with E-state index in [0.717, 1.165) is 0 Å². The molecule has 1 aromatic carbocycles. The first-order valence-corrected chi connectivity index (χ1v) is 6.25. The van der Waals surface area contributed by atoms with E-state index >= 15 is 0 Å². The van der Waals surface area contributed by atoms with Crippen LogP contribution in [0.5, 0.6) is 0 Å². The molecule has 1 atom stereocenters. The Morgan fingerprint density at radius 3 is 2.74 bits per heavy atom. The number of benzene rings is 1. The van der Waals surface area contributed by atoms with E-state index in [2.05, 4.69) is 0 Å². The van der Waals surface area contributed by atoms with Gasteiger partial charge in [0.25, 0.3) is 0 Å². The third-order valence-electron chi connectivity index (χ3n) is 2.58. The van der Waals surface area contributed by atoms with Crippen molar-refractivity contribution in [2.24, 2.45) is 5.73 Å². The van der Waals surface area contributed by atoms with Gasteiger partial charge >= 0.3 is 5.97 Å². The number of carboxylic acids is 1. The molecule has 1 unspecified atom stereocenters. The van der Waals surface area contributed by atoms with Crippen LogP contribution in [0.1, 0.15) is 18.2 Å². The number of carboxylic acid groups (broad SMARTS) is 1. The Labute approximate surface area is 119 Å². The predicted octanol–water partition coefficient (Wildman–Crippen LogP) is 3.73. The van der Waals surface area contributed by atoms with E-state index in [1.807, 2.05) is 0 Å². The Hall–Kier alpha value is -1.49. The fourth-order valence-electron chi connectivity index (χ4n) is 1.67. The minimum Gasteiger partial charge on any atom is -0.481 e. The molecule has 19 heavy (non-hydrogen) atoms. The van der Waals surface area contributed by atoms with Crippen LogP contribution >= 0.6 is 23.2 Å². The van der Waals surface area contributed by atoms with Crippen molar-refractivity contribution in [2.75, 3.05) is 0 Å². The molecule has 4 nitrogen and oxygen atoms in total. The first-order valence-electron chi connectivity index (χ1n) is 5.50. The van der Waals surface area contributed by atoms with Crippen LogP contribution in [0.4, 0.5) is 0 Å². The second kappa shape index (κ2) is 5.65. The second-order valence-electron chi connectivity index (χ2n) is 4.03. The quantitative estimate of drug-likeness (QED) is 0.902. The Kier molecular flexibility index (Phi) is 4.14. The topological polar surface area (TPSA) is 76.5 Å². The number of nitrogens with two attached hydrogens (primary N) is 1. The molecule has 2 aromatic rings. The Morgan fingerprint density at radius 2 is 2.05 bits per heavy atom. The summed E-state index contributed by atoms with van der Waals surface area (Å²) < 4.78 is 5.54. The van der Waals surface area contributed by atoms with Crippen molar-refractivity contribution in [3.8, 4) is 11.3 Å². The van der Waals surface area contributed by atoms with E-state index in [1.54, 1.807) is 30.3 Å². The fourth-order valence-corrected chi connectivity index (χ4v) is 2.05. The molecular formula is C13H11Cl2NO3. The van der Waals surface area contributed by atoms with Gasteiger partial charge in [0.2, 0.25) is 0 Å². The highest BCUT2D eigenvalue weighted by atomic mass is 35.5. The molecule has 3 N–H and O–H groups in total. The van der Waals surface area contributed by atoms with Crippen molar-refractivity contribution in [1.82, 2.24) is 0 Å². The van der Waals surface area contributed by atoms with Crippen LogP contribution in [-0.2, 0) is 4.79 Å². The molecule has 0 saturated carbocycles. The van der Waals surface area contributed by atoms with E-state index in [-0.39, 0.29) is 6.42 Å². The highest BCUT2D eigenvalue weighted by molar-refractivity contribution is 6.35. The van der Waals surface area contributed by atoms with Crippen molar-refractivity contribution >= 4 is 29.2 Å². The average Bonchev–Trinajstić information content (AvgIpc) is 2.80. The fraction of sp³-hybridized carbons (Fsp3) is 0.154. The van der Waals surface area contributed by atoms with Crippen LogP contribution < -0.4 is 5.73 Å². The highest BCUT2D eigenvalue weighted by Gasteiger charge is 2.16. The molecule has 0 bridgehead atoms. The Balaban J connectivity index is 2.30. The van der Waals surface area contributed by atoms with Gasteiger partial charge in [0, 0.05) is 10.6 Å². The summed E-state index contributed by atoms with van der Waals surface area (Å²) in [5.41, 5.74) is 6.36. The number of hydrogen-bond donors (Lipinski definition) is 2. The molecule has 0 fully saturated rings. The summed E-state index contributed by atoms with van der Waals surface area (Å²) >= 11 is 12.0. The minimum absolute atomic E-state index is 0.198. The molecule has 0 radical (unpaired) electrons. The Morgan fingerprint density at radius 1 is 1.32 bits per heavy atom. The number of aliphatic carboxylic acids is 1. The standard InChI is InChI=1S/C13H11Cl2NO3/c14-7-1-2-9(15)8(5-7)11-3-4-12(19-11)10(16)6-13(17)18/h1-5,10H,6,16H2,(H,17,18). The van der Waals surface area contributed by atoms with Gasteiger partial charge in [-0.25, -0.2) is 0 Å². The third kappa shape index (κ3) is 3.29. The number of rotatable bonds is 4. The van der Waals surface area contributed by atoms with Crippen molar-refractivity contribution in [3.05, 3.63) is 46.1 Å². The lowest BCUT2D eigenvalue weighted by atomic mass is 10.1. The first kappa shape index (κ1) is 13.9. The van der Waals surface area contributed by atoms with Gasteiger partial charge in [-0.15, -0.1) is 0 Å². The van der Waals surface area contributed by atoms with E-state index in [9.17, 15) is 4.79 Å². The molecule has 0 aliphatic rings. The van der Waals surface area contributed by atoms with E-state index < -0.39 is 12.0 Å². The average molecular weight is 300 g/mol. The summed E-state index contributed by atoms with van der Waals surface area (Å²) in [7, 11) is 0. The van der Waals surface area contributed by atoms with Crippen molar-refractivity contribution in [1.29, 1.82) is 0 Å². The van der Waals surface area contributed by atoms with Gasteiger partial charge < -0.3 is 15.3 Å². The summed E-state index contributed by atoms with van der Waals surface area (Å²) in [4.78, 5) is 10.6. The summed E-state index contributed by atoms with van der Waals surface area (Å²) in [6, 6.07) is 7.65. The summed E-state index contributed by atoms with van der Waals surface area (Å²) in [5, 5.41) is 9.72. The monoisotopic (exact) mass is 299 g/mol. The molecule has 6 heteroatoms. The third-order valence-corrected chi connectivity index (χ3v) is 3.15. The molecule has 1 heterocycles. The van der Waals surface area contributed by atoms with Crippen LogP contribution in [0.25, 0.3) is 11.3 Å². The number of furan rings is 1. The molecule has 2 rings (SSSR count). The first-order chi connectivity index (χ1) is 8.97. The zero-order valence-corrected chi connectivity index (χ0v) is 11.3. The summed E-state index contributed by atoms with van der Waals surface area (Å²) in [5.74, 6) is -0.0805. The van der Waals surface area contributed by atoms with Gasteiger partial charge in [0.05, 0.1) is 17.5 Å². The molecular weight excluding hydrogens is 289 g/mol. The van der Waals surface area contributed by atoms with Crippen molar-refractivity contribution < 1.29 is 14.3 Å². The largest absolute Gasteiger partial charge is 0.481 e. The van der Waals surface area contributed by atoms with Gasteiger partial charge in [-0.1, -0.05) is 23.2 Å². The SMILES string of the molecule is NC(CC(=O)O)c1ccc(-c2cc(Cl)ccc2Cl)o1. The maximum Gasteiger partial charge on any atom is 0.305 e. The number of halogens is 2. The molecule has 0 aliphatic carbocycles. The van der Waals surface area contributed by atoms with Crippen molar-refractivity contribution in [3.63, 3.8) is 0 Å². The number of carbonyl (C=O) groups is 1. The maximum atomic E-state index is 10.6. The van der Waals surface area contributed by atoms with Gasteiger partial charge in [-0.2, -0.15) is 0 Å². The van der Waals surface area contributed by atoms with Crippen LogP contribution in [0, 0.1) is 0 Å². The van der Waals surface area contributed by atoms with Crippen LogP contribution in [0.3, 0.4) is 0 Å². The molecule has 0 spiro atoms. The molecule has 0 aliphatic heterocycles. The molecule has 100 valence electrons. The smallest absolute Gasteiger partial charge is 0.305 e. The summed E-state index contributed by atoms with van der Waals surface area (Å²) in [6.45, 7) is 0. The minimum atomic E-state index is -0.980. The lowest BCUT2D eigenvalue weighted by Gasteiger charge is -2.05. The normalized spacial score (nSPS) is 12.4. The number of hydrogen-bond acceptors (Lipinski definition) is 3. The zero-order chi connectivity index (χ0) is 14.0. The van der Waals surface area contributed by atoms with E-state index in [1.165, 1.54) is 0 Å². The van der Waals surface area contributed by atoms with Gasteiger partial charge in [-0.05, 0) is 30.3 Å². The van der Waals surface area contributed by atoms with Gasteiger partial charge in [-0.3, -0.25) is 4.79 Å². The van der Waals surface area contributed by atoms with Gasteiger partial charge in [0.15, 0.2) is 0 Å². The van der Waals surface area contributed by atoms with Crippen LogP contribution in [-0.4, -0.2) is 11.1 Å². The second-order valence-corrected chi connectivity index (χ2v) is 4.87. The molecule has 1 aromatic heterocycles. The van der Waals surface area contributed by atoms with E-state index in [4.69, 9.17) is 38.5 Å². The summed E-state index contributed by atoms with van der Waals surface area (Å²) in [6.07, 6.45) is -0.198. The molecule has 0 saturated heterocycles. The van der Waals surface area contributed by atoms with E-state index in [0.29, 0.717) is 27.1 Å².